The van der Waals surface area contributed by atoms with Gasteiger partial charge < -0.3 is 20.2 Å². The molecular weight excluding hydrogens is 220 g/mol. The SMILES string of the molecule is O=C[C@H](CS)NCCN[C@H](C=O)CS. The van der Waals surface area contributed by atoms with Gasteiger partial charge in [-0.15, -0.1) is 0 Å². The molecule has 0 aliphatic heterocycles. The van der Waals surface area contributed by atoms with E-state index in [2.05, 4.69) is 35.9 Å². The predicted molar refractivity (Wildman–Crippen MR) is 63.4 cm³/mol. The second-order valence-electron chi connectivity index (χ2n) is 2.76. The molecule has 0 bridgehead atoms. The third kappa shape index (κ3) is 6.42. The molecule has 0 heterocycles. The van der Waals surface area contributed by atoms with Crippen molar-refractivity contribution in [1.29, 1.82) is 0 Å². The van der Waals surface area contributed by atoms with Crippen LogP contribution < -0.4 is 10.6 Å². The first-order valence-electron chi connectivity index (χ1n) is 4.37. The fourth-order valence-electron chi connectivity index (χ4n) is 0.827. The van der Waals surface area contributed by atoms with E-state index in [0.29, 0.717) is 24.6 Å². The van der Waals surface area contributed by atoms with Crippen LogP contribution in [-0.4, -0.2) is 49.3 Å². The number of carbonyl (C=O) groups is 2. The van der Waals surface area contributed by atoms with Crippen molar-refractivity contribution in [3.63, 3.8) is 0 Å². The van der Waals surface area contributed by atoms with E-state index in [9.17, 15) is 9.59 Å². The fraction of sp³-hybridized carbons (Fsp3) is 0.750. The van der Waals surface area contributed by atoms with Crippen LogP contribution in [0.3, 0.4) is 0 Å². The zero-order chi connectivity index (χ0) is 10.8. The Kier molecular flexibility index (Phi) is 9.49. The molecule has 0 aromatic rings. The largest absolute Gasteiger partial charge is 0.306 e. The van der Waals surface area contributed by atoms with Gasteiger partial charge >= 0.3 is 0 Å². The minimum atomic E-state index is -0.217. The summed E-state index contributed by atoms with van der Waals surface area (Å²) in [5.74, 6) is 0.959. The van der Waals surface area contributed by atoms with Crippen LogP contribution >= 0.6 is 25.3 Å². The summed E-state index contributed by atoms with van der Waals surface area (Å²) in [5, 5.41) is 5.95. The van der Waals surface area contributed by atoms with Crippen molar-refractivity contribution in [1.82, 2.24) is 10.6 Å². The van der Waals surface area contributed by atoms with Crippen molar-refractivity contribution in [3.05, 3.63) is 0 Å². The van der Waals surface area contributed by atoms with Gasteiger partial charge in [0.1, 0.15) is 12.6 Å². The van der Waals surface area contributed by atoms with Crippen LogP contribution in [0.25, 0.3) is 0 Å². The molecule has 0 aliphatic rings. The van der Waals surface area contributed by atoms with E-state index in [1.54, 1.807) is 0 Å². The highest BCUT2D eigenvalue weighted by atomic mass is 32.1. The van der Waals surface area contributed by atoms with E-state index < -0.39 is 0 Å². The van der Waals surface area contributed by atoms with E-state index in [-0.39, 0.29) is 12.1 Å². The van der Waals surface area contributed by atoms with E-state index in [1.165, 1.54) is 0 Å². The zero-order valence-electron chi connectivity index (χ0n) is 7.85. The monoisotopic (exact) mass is 236 g/mol. The lowest BCUT2D eigenvalue weighted by Crippen LogP contribution is -2.41. The molecule has 0 radical (unpaired) electrons. The van der Waals surface area contributed by atoms with E-state index in [0.717, 1.165) is 12.6 Å². The molecule has 6 heteroatoms. The molecule has 0 aromatic carbocycles. The van der Waals surface area contributed by atoms with Gasteiger partial charge in [-0.3, -0.25) is 0 Å². The molecule has 82 valence electrons. The summed E-state index contributed by atoms with van der Waals surface area (Å²) in [5.41, 5.74) is 0. The number of rotatable bonds is 9. The van der Waals surface area contributed by atoms with Crippen LogP contribution in [-0.2, 0) is 9.59 Å². The summed E-state index contributed by atoms with van der Waals surface area (Å²) >= 11 is 7.99. The van der Waals surface area contributed by atoms with Crippen LogP contribution in [0.4, 0.5) is 0 Å². The molecule has 0 saturated heterocycles. The van der Waals surface area contributed by atoms with Crippen molar-refractivity contribution in [2.75, 3.05) is 24.6 Å². The lowest BCUT2D eigenvalue weighted by molar-refractivity contribution is -0.110. The number of carbonyl (C=O) groups excluding carboxylic acids is 2. The van der Waals surface area contributed by atoms with Crippen LogP contribution in [0, 0.1) is 0 Å². The Bertz CT molecular complexity index is 151. The summed E-state index contributed by atoms with van der Waals surface area (Å²) in [6.07, 6.45) is 1.64. The maximum absolute atomic E-state index is 10.4. The summed E-state index contributed by atoms with van der Waals surface area (Å²) in [6.45, 7) is 1.25. The highest BCUT2D eigenvalue weighted by molar-refractivity contribution is 7.80. The summed E-state index contributed by atoms with van der Waals surface area (Å²) in [6, 6.07) is -0.434. The van der Waals surface area contributed by atoms with Crippen molar-refractivity contribution < 1.29 is 9.59 Å². The van der Waals surface area contributed by atoms with Gasteiger partial charge in [0.05, 0.1) is 12.1 Å². The lowest BCUT2D eigenvalue weighted by Gasteiger charge is -2.12. The molecule has 4 nitrogen and oxygen atoms in total. The summed E-state index contributed by atoms with van der Waals surface area (Å²) in [7, 11) is 0. The van der Waals surface area contributed by atoms with Crippen molar-refractivity contribution in [3.8, 4) is 0 Å². The highest BCUT2D eigenvalue weighted by Crippen LogP contribution is 1.83. The average molecular weight is 236 g/mol. The second kappa shape index (κ2) is 9.51. The summed E-state index contributed by atoms with van der Waals surface area (Å²) < 4.78 is 0. The molecule has 0 aliphatic carbocycles. The zero-order valence-corrected chi connectivity index (χ0v) is 9.64. The molecule has 2 N–H and O–H groups in total. The minimum Gasteiger partial charge on any atom is -0.306 e. The number of hydrogen-bond acceptors (Lipinski definition) is 6. The first-order chi connectivity index (χ1) is 6.78. The molecule has 0 saturated carbocycles. The van der Waals surface area contributed by atoms with Gasteiger partial charge in [0, 0.05) is 24.6 Å². The number of aldehydes is 2. The molecular formula is C8H16N2O2S2. The Morgan fingerprint density at radius 1 is 0.929 bits per heavy atom. The van der Waals surface area contributed by atoms with Crippen molar-refractivity contribution >= 4 is 37.8 Å². The molecule has 0 spiro atoms. The predicted octanol–water partition coefficient (Wildman–Crippen LogP) is -0.840. The third-order valence-corrected chi connectivity index (χ3v) is 2.45. The Hall–Kier alpha value is -0.0400. The average Bonchev–Trinajstić information content (AvgIpc) is 2.24. The van der Waals surface area contributed by atoms with Gasteiger partial charge in [0.25, 0.3) is 0 Å². The first kappa shape index (κ1) is 14.0. The molecule has 0 aromatic heterocycles. The number of nitrogens with one attached hydrogen (secondary N) is 2. The second-order valence-corrected chi connectivity index (χ2v) is 3.49. The van der Waals surface area contributed by atoms with Gasteiger partial charge in [-0.05, 0) is 0 Å². The Balaban J connectivity index is 3.44. The fourth-order valence-corrected chi connectivity index (χ4v) is 1.26. The molecule has 0 rings (SSSR count). The molecule has 2 atom stereocenters. The van der Waals surface area contributed by atoms with Gasteiger partial charge in [-0.1, -0.05) is 0 Å². The molecule has 0 unspecified atom stereocenters. The van der Waals surface area contributed by atoms with Gasteiger partial charge in [-0.25, -0.2) is 0 Å². The number of hydrogen-bond donors (Lipinski definition) is 4. The van der Waals surface area contributed by atoms with Gasteiger partial charge in [0.15, 0.2) is 0 Å². The quantitative estimate of drug-likeness (QED) is 0.240. The van der Waals surface area contributed by atoms with Crippen LogP contribution in [0.1, 0.15) is 0 Å². The standard InChI is InChI=1S/C8H16N2O2S2/c11-3-7(5-13)9-1-2-10-8(4-12)6-14/h3-4,7-10,13-14H,1-2,5-6H2/t7-,8-/m1/s1. The van der Waals surface area contributed by atoms with E-state index >= 15 is 0 Å². The first-order valence-corrected chi connectivity index (χ1v) is 5.64. The highest BCUT2D eigenvalue weighted by Gasteiger charge is 2.04. The van der Waals surface area contributed by atoms with Crippen LogP contribution in [0.5, 0.6) is 0 Å². The lowest BCUT2D eigenvalue weighted by atomic mass is 10.3. The molecule has 14 heavy (non-hydrogen) atoms. The maximum atomic E-state index is 10.4. The minimum absolute atomic E-state index is 0.217. The maximum Gasteiger partial charge on any atom is 0.137 e. The smallest absolute Gasteiger partial charge is 0.137 e. The topological polar surface area (TPSA) is 58.2 Å². The third-order valence-electron chi connectivity index (χ3n) is 1.66. The molecule has 0 amide bonds. The molecule has 0 fully saturated rings. The van der Waals surface area contributed by atoms with Crippen LogP contribution in [0.2, 0.25) is 0 Å². The van der Waals surface area contributed by atoms with Crippen molar-refractivity contribution in [2.24, 2.45) is 0 Å². The van der Waals surface area contributed by atoms with Gasteiger partial charge in [0.2, 0.25) is 0 Å². The normalized spacial score (nSPS) is 14.7. The Labute approximate surface area is 95.0 Å². The summed E-state index contributed by atoms with van der Waals surface area (Å²) in [4.78, 5) is 20.8. The van der Waals surface area contributed by atoms with Gasteiger partial charge in [-0.2, -0.15) is 25.3 Å². The van der Waals surface area contributed by atoms with E-state index in [1.807, 2.05) is 0 Å². The Morgan fingerprint density at radius 2 is 1.29 bits per heavy atom. The Morgan fingerprint density at radius 3 is 1.50 bits per heavy atom. The van der Waals surface area contributed by atoms with Crippen LogP contribution in [0.15, 0.2) is 0 Å². The van der Waals surface area contributed by atoms with Crippen molar-refractivity contribution in [2.45, 2.75) is 12.1 Å². The van der Waals surface area contributed by atoms with E-state index in [4.69, 9.17) is 0 Å². The number of thiol groups is 2.